The summed E-state index contributed by atoms with van der Waals surface area (Å²) in [4.78, 5) is 4.48. The van der Waals surface area contributed by atoms with Crippen molar-refractivity contribution in [3.63, 3.8) is 0 Å². The molecule has 2 N–H and O–H groups in total. The second kappa shape index (κ2) is 7.36. The van der Waals surface area contributed by atoms with Crippen molar-refractivity contribution < 1.29 is 9.26 Å². The van der Waals surface area contributed by atoms with Gasteiger partial charge in [0.1, 0.15) is 5.60 Å². The third kappa shape index (κ3) is 5.40. The van der Waals surface area contributed by atoms with Gasteiger partial charge in [-0.25, -0.2) is 0 Å². The second-order valence-electron chi connectivity index (χ2n) is 7.13. The van der Waals surface area contributed by atoms with Gasteiger partial charge in [-0.15, -0.1) is 0 Å². The summed E-state index contributed by atoms with van der Waals surface area (Å²) >= 11 is 0. The molecule has 1 rings (SSSR count). The normalized spacial score (nSPS) is 14.4. The summed E-state index contributed by atoms with van der Waals surface area (Å²) in [6, 6.07) is 0. The molecule has 5 nitrogen and oxygen atoms in total. The Labute approximate surface area is 128 Å². The summed E-state index contributed by atoms with van der Waals surface area (Å²) in [5.41, 5.74) is 5.46. The van der Waals surface area contributed by atoms with Crippen molar-refractivity contribution >= 4 is 0 Å². The van der Waals surface area contributed by atoms with Crippen molar-refractivity contribution in [3.05, 3.63) is 11.7 Å². The first kappa shape index (κ1) is 18.1. The van der Waals surface area contributed by atoms with E-state index in [0.717, 1.165) is 19.3 Å². The van der Waals surface area contributed by atoms with Gasteiger partial charge in [0.15, 0.2) is 0 Å². The van der Waals surface area contributed by atoms with E-state index in [1.807, 2.05) is 20.8 Å². The Morgan fingerprint density at radius 1 is 1.19 bits per heavy atom. The molecule has 0 aliphatic heterocycles. The van der Waals surface area contributed by atoms with Crippen LogP contribution in [0.3, 0.4) is 0 Å². The van der Waals surface area contributed by atoms with Gasteiger partial charge in [-0.2, -0.15) is 4.98 Å². The van der Waals surface area contributed by atoms with E-state index in [1.165, 1.54) is 0 Å². The molecule has 0 saturated heterocycles. The van der Waals surface area contributed by atoms with E-state index in [4.69, 9.17) is 15.0 Å². The molecule has 122 valence electrons. The van der Waals surface area contributed by atoms with Crippen molar-refractivity contribution in [1.29, 1.82) is 0 Å². The predicted octanol–water partition coefficient (Wildman–Crippen LogP) is 3.28. The molecule has 0 radical (unpaired) electrons. The maximum atomic E-state index is 5.72. The molecule has 0 fully saturated rings. The minimum Gasteiger partial charge on any atom is -0.368 e. The van der Waals surface area contributed by atoms with Gasteiger partial charge in [0.05, 0.1) is 0 Å². The summed E-state index contributed by atoms with van der Waals surface area (Å²) in [7, 11) is 0. The molecule has 0 aromatic carbocycles. The molecule has 1 atom stereocenters. The zero-order valence-corrected chi connectivity index (χ0v) is 14.4. The topological polar surface area (TPSA) is 74.2 Å². The Bertz CT molecular complexity index is 421. The number of rotatable bonds is 8. The lowest BCUT2D eigenvalue weighted by molar-refractivity contribution is -0.0221. The van der Waals surface area contributed by atoms with Crippen molar-refractivity contribution in [2.24, 2.45) is 17.1 Å². The van der Waals surface area contributed by atoms with Crippen LogP contribution in [0.25, 0.3) is 0 Å². The van der Waals surface area contributed by atoms with E-state index >= 15 is 0 Å². The largest absolute Gasteiger partial charge is 0.368 e. The quantitative estimate of drug-likeness (QED) is 0.797. The van der Waals surface area contributed by atoms with Gasteiger partial charge in [0, 0.05) is 13.0 Å². The summed E-state index contributed by atoms with van der Waals surface area (Å²) in [6.07, 6.45) is 2.82. The highest BCUT2D eigenvalue weighted by Gasteiger charge is 2.28. The van der Waals surface area contributed by atoms with Gasteiger partial charge in [-0.3, -0.25) is 0 Å². The van der Waals surface area contributed by atoms with Crippen LogP contribution in [0.2, 0.25) is 0 Å². The van der Waals surface area contributed by atoms with Gasteiger partial charge in [0.25, 0.3) is 0 Å². The van der Waals surface area contributed by atoms with Crippen molar-refractivity contribution in [2.75, 3.05) is 13.2 Å². The number of nitrogens with zero attached hydrogens (tertiary/aromatic N) is 2. The minimum atomic E-state index is -0.503. The summed E-state index contributed by atoms with van der Waals surface area (Å²) in [5, 5.41) is 4.06. The number of aryl methyl sites for hydroxylation is 1. The number of ether oxygens (including phenoxy) is 1. The van der Waals surface area contributed by atoms with E-state index in [9.17, 15) is 0 Å². The molecule has 0 aliphatic rings. The molecule has 1 aromatic heterocycles. The molecule has 0 saturated carbocycles. The lowest BCUT2D eigenvalue weighted by Gasteiger charge is -2.30. The standard InChI is InChI=1S/C16H31N3O2/c1-7-20-16(5,6)14-18-13(21-19-14)9-8-12(10-11-17)15(2,3)4/h12H,7-11,17H2,1-6H3. The van der Waals surface area contributed by atoms with Crippen LogP contribution in [0.1, 0.15) is 66.1 Å². The monoisotopic (exact) mass is 297 g/mol. The SMILES string of the molecule is CCOC(C)(C)c1noc(CCC(CCN)C(C)(C)C)n1. The Balaban J connectivity index is 2.66. The first-order chi connectivity index (χ1) is 9.70. The van der Waals surface area contributed by atoms with E-state index in [2.05, 4.69) is 30.9 Å². The fraction of sp³-hybridized carbons (Fsp3) is 0.875. The van der Waals surface area contributed by atoms with Gasteiger partial charge in [-0.05, 0) is 51.5 Å². The summed E-state index contributed by atoms with van der Waals surface area (Å²) in [5.74, 6) is 1.85. The van der Waals surface area contributed by atoms with E-state index in [0.29, 0.717) is 30.8 Å². The average Bonchev–Trinajstić information content (AvgIpc) is 2.82. The van der Waals surface area contributed by atoms with Crippen LogP contribution in [-0.4, -0.2) is 23.3 Å². The smallest absolute Gasteiger partial charge is 0.226 e. The van der Waals surface area contributed by atoms with Crippen LogP contribution in [0.5, 0.6) is 0 Å². The molecule has 0 amide bonds. The highest BCUT2D eigenvalue weighted by atomic mass is 16.5. The summed E-state index contributed by atoms with van der Waals surface area (Å²) in [6.45, 7) is 14.0. The fourth-order valence-electron chi connectivity index (χ4n) is 2.54. The Morgan fingerprint density at radius 3 is 2.38 bits per heavy atom. The van der Waals surface area contributed by atoms with Gasteiger partial charge >= 0.3 is 0 Å². The lowest BCUT2D eigenvalue weighted by Crippen LogP contribution is -2.24. The first-order valence-corrected chi connectivity index (χ1v) is 7.87. The number of nitrogens with two attached hydrogens (primary N) is 1. The van der Waals surface area contributed by atoms with Gasteiger partial charge in [-0.1, -0.05) is 25.9 Å². The van der Waals surface area contributed by atoms with Crippen molar-refractivity contribution in [1.82, 2.24) is 10.1 Å². The number of hydrogen-bond acceptors (Lipinski definition) is 5. The zero-order valence-electron chi connectivity index (χ0n) is 14.4. The molecule has 1 aromatic rings. The maximum absolute atomic E-state index is 5.72. The Kier molecular flexibility index (Phi) is 6.35. The molecule has 0 spiro atoms. The van der Waals surface area contributed by atoms with Crippen LogP contribution in [0.15, 0.2) is 4.52 Å². The van der Waals surface area contributed by atoms with Crippen molar-refractivity contribution in [2.45, 2.75) is 66.4 Å². The molecule has 0 bridgehead atoms. The lowest BCUT2D eigenvalue weighted by atomic mass is 9.76. The second-order valence-corrected chi connectivity index (χ2v) is 7.13. The molecular weight excluding hydrogens is 266 g/mol. The third-order valence-electron chi connectivity index (χ3n) is 3.96. The predicted molar refractivity (Wildman–Crippen MR) is 83.9 cm³/mol. The molecule has 1 heterocycles. The molecular formula is C16H31N3O2. The van der Waals surface area contributed by atoms with Crippen LogP contribution in [0, 0.1) is 11.3 Å². The molecule has 5 heteroatoms. The van der Waals surface area contributed by atoms with Crippen LogP contribution < -0.4 is 5.73 Å². The number of hydrogen-bond donors (Lipinski definition) is 1. The van der Waals surface area contributed by atoms with E-state index in [-0.39, 0.29) is 5.41 Å². The van der Waals surface area contributed by atoms with Crippen LogP contribution >= 0.6 is 0 Å². The zero-order chi connectivity index (χ0) is 16.1. The van der Waals surface area contributed by atoms with Crippen LogP contribution in [-0.2, 0) is 16.8 Å². The Morgan fingerprint density at radius 2 is 1.86 bits per heavy atom. The molecule has 0 aliphatic carbocycles. The highest BCUT2D eigenvalue weighted by molar-refractivity contribution is 4.97. The van der Waals surface area contributed by atoms with Crippen molar-refractivity contribution in [3.8, 4) is 0 Å². The first-order valence-electron chi connectivity index (χ1n) is 7.87. The summed E-state index contributed by atoms with van der Waals surface area (Å²) < 4.78 is 11.0. The fourth-order valence-corrected chi connectivity index (χ4v) is 2.54. The average molecular weight is 297 g/mol. The Hall–Kier alpha value is -0.940. The van der Waals surface area contributed by atoms with E-state index in [1.54, 1.807) is 0 Å². The minimum absolute atomic E-state index is 0.243. The maximum Gasteiger partial charge on any atom is 0.226 e. The third-order valence-corrected chi connectivity index (χ3v) is 3.96. The molecule has 21 heavy (non-hydrogen) atoms. The number of aromatic nitrogens is 2. The van der Waals surface area contributed by atoms with Gasteiger partial charge < -0.3 is 15.0 Å². The van der Waals surface area contributed by atoms with E-state index < -0.39 is 5.60 Å². The molecule has 1 unspecified atom stereocenters. The van der Waals surface area contributed by atoms with Crippen LogP contribution in [0.4, 0.5) is 0 Å². The van der Waals surface area contributed by atoms with Gasteiger partial charge in [0.2, 0.25) is 11.7 Å². The highest BCUT2D eigenvalue weighted by Crippen LogP contribution is 2.32.